The van der Waals surface area contributed by atoms with Crippen molar-refractivity contribution in [1.29, 1.82) is 0 Å². The fourth-order valence-corrected chi connectivity index (χ4v) is 16.1. The first kappa shape index (κ1) is 39.0. The van der Waals surface area contributed by atoms with E-state index in [0.29, 0.717) is 47.5 Å². The van der Waals surface area contributed by atoms with Gasteiger partial charge in [-0.25, -0.2) is 0 Å². The largest absolute Gasteiger partial charge is 0.370 e. The molecule has 2 fully saturated rings. The summed E-state index contributed by atoms with van der Waals surface area (Å²) in [6.45, 7) is 0. The molecule has 2 heteroatoms. The summed E-state index contributed by atoms with van der Waals surface area (Å²) in [6, 6.07) is 11.4. The molecule has 322 valence electrons. The van der Waals surface area contributed by atoms with E-state index in [4.69, 9.17) is 4.74 Å². The van der Waals surface area contributed by atoms with Crippen molar-refractivity contribution in [2.75, 3.05) is 0 Å². The minimum absolute atomic E-state index is 0.151. The second kappa shape index (κ2) is 15.9. The summed E-state index contributed by atoms with van der Waals surface area (Å²) in [6.07, 6.45) is 61.9. The van der Waals surface area contributed by atoms with Gasteiger partial charge < -0.3 is 9.30 Å². The highest BCUT2D eigenvalue weighted by Crippen LogP contribution is 2.71. The van der Waals surface area contributed by atoms with E-state index in [9.17, 15) is 0 Å². The van der Waals surface area contributed by atoms with Gasteiger partial charge in [0.2, 0.25) is 0 Å². The molecule has 10 atom stereocenters. The molecule has 1 spiro atoms. The Morgan fingerprint density at radius 1 is 0.714 bits per heavy atom. The second-order valence-corrected chi connectivity index (χ2v) is 21.4. The molecule has 0 amide bonds. The standard InChI is InChI=1S/C61H67NO/c1-3-15-41(16-4-1)42-28-30-44(31-29-42)50(45-33-36-57-51(39-45)48-21-9-12-24-56(48)62(57)46-18-5-2-6-19-46)37-40-27-34-49-55(38-40)61(54-35-32-43-17-7-8-20-47(43)60(49)54)52-22-10-13-25-58(52)63-59-26-14-11-23-53(59)61/h1-7,10,13,15,17-19,22,25,28-30,37-38,41,44-45,49,52-53,55,58-59H,8-9,11-12,14,16,20-21,23-24,26-27,31-36,39H2/b50-37+. The predicted octanol–water partition coefficient (Wildman–Crippen LogP) is 14.4. The van der Waals surface area contributed by atoms with Crippen molar-refractivity contribution < 1.29 is 4.74 Å². The minimum atomic E-state index is 0.151. The number of nitrogens with zero attached hydrogens (tertiary/aromatic N) is 1. The Morgan fingerprint density at radius 3 is 2.51 bits per heavy atom. The smallest absolute Gasteiger partial charge is 0.0834 e. The average molecular weight is 830 g/mol. The summed E-state index contributed by atoms with van der Waals surface area (Å²) in [5.74, 6) is 3.76. The van der Waals surface area contributed by atoms with Gasteiger partial charge in [0.15, 0.2) is 0 Å². The number of hydrogen-bond donors (Lipinski definition) is 0. The third-order valence-electron chi connectivity index (χ3n) is 18.5. The Morgan fingerprint density at radius 2 is 1.60 bits per heavy atom. The van der Waals surface area contributed by atoms with Crippen LogP contribution in [0.4, 0.5) is 0 Å². The molecule has 1 aromatic heterocycles. The van der Waals surface area contributed by atoms with E-state index in [-0.39, 0.29) is 11.5 Å². The zero-order valence-electron chi connectivity index (χ0n) is 37.5. The summed E-state index contributed by atoms with van der Waals surface area (Å²) in [5, 5.41) is 0. The van der Waals surface area contributed by atoms with Gasteiger partial charge in [-0.3, -0.25) is 0 Å². The number of para-hydroxylation sites is 1. The lowest BCUT2D eigenvalue weighted by Gasteiger charge is -2.59. The summed E-state index contributed by atoms with van der Waals surface area (Å²) >= 11 is 0. The first-order chi connectivity index (χ1) is 31.2. The zero-order chi connectivity index (χ0) is 41.5. The van der Waals surface area contributed by atoms with Crippen LogP contribution in [0.1, 0.15) is 119 Å². The Bertz CT molecular complexity index is 2530. The predicted molar refractivity (Wildman–Crippen MR) is 259 cm³/mol. The highest BCUT2D eigenvalue weighted by atomic mass is 16.5. The fraction of sp³-hybridized carbons (Fsp3) is 0.475. The van der Waals surface area contributed by atoms with E-state index in [1.165, 1.54) is 120 Å². The molecule has 1 aromatic carbocycles. The van der Waals surface area contributed by atoms with Crippen molar-refractivity contribution in [3.05, 3.63) is 183 Å². The van der Waals surface area contributed by atoms with Crippen LogP contribution in [0.15, 0.2) is 160 Å². The van der Waals surface area contributed by atoms with Crippen LogP contribution in [0.3, 0.4) is 0 Å². The molecule has 10 unspecified atom stereocenters. The first-order valence-electron chi connectivity index (χ1n) is 25.8. The number of benzene rings is 1. The highest BCUT2D eigenvalue weighted by Gasteiger charge is 2.65. The van der Waals surface area contributed by atoms with Crippen LogP contribution in [0, 0.1) is 46.8 Å². The third kappa shape index (κ3) is 6.26. The van der Waals surface area contributed by atoms with E-state index in [1.807, 2.05) is 11.1 Å². The maximum Gasteiger partial charge on any atom is 0.0834 e. The second-order valence-electron chi connectivity index (χ2n) is 21.4. The van der Waals surface area contributed by atoms with Crippen LogP contribution in [0.2, 0.25) is 0 Å². The van der Waals surface area contributed by atoms with Crippen molar-refractivity contribution >= 4 is 0 Å². The summed E-state index contributed by atoms with van der Waals surface area (Å²) in [4.78, 5) is 0. The topological polar surface area (TPSA) is 14.2 Å². The van der Waals surface area contributed by atoms with E-state index >= 15 is 0 Å². The van der Waals surface area contributed by atoms with Gasteiger partial charge in [-0.15, -0.1) is 0 Å². The molecule has 1 saturated heterocycles. The SMILES string of the molecule is C1=CCC(C2=CCC(/C(=C\C3=CC4C(CC3)C3=C(CCC5=C3CCC=C5)C43C4C=CC=CC4OC4CCCCC43)C3CCc4c(c5c(n4-c4ccccc4)CCCC5)C3)C=C2)C=C1. The van der Waals surface area contributed by atoms with Gasteiger partial charge in [0.25, 0.3) is 0 Å². The summed E-state index contributed by atoms with van der Waals surface area (Å²) in [5.41, 5.74) is 20.3. The molecule has 1 aliphatic heterocycles. The van der Waals surface area contributed by atoms with Crippen molar-refractivity contribution in [2.24, 2.45) is 46.8 Å². The Labute approximate surface area is 377 Å². The van der Waals surface area contributed by atoms with Gasteiger partial charge in [-0.2, -0.15) is 0 Å². The van der Waals surface area contributed by atoms with Crippen molar-refractivity contribution in [3.8, 4) is 5.69 Å². The quantitative estimate of drug-likeness (QED) is 0.293. The van der Waals surface area contributed by atoms with Gasteiger partial charge in [0.05, 0.1) is 12.2 Å². The minimum Gasteiger partial charge on any atom is -0.370 e. The van der Waals surface area contributed by atoms with Crippen LogP contribution in [0.25, 0.3) is 5.69 Å². The summed E-state index contributed by atoms with van der Waals surface area (Å²) in [7, 11) is 0. The molecular weight excluding hydrogens is 763 g/mol. The Kier molecular flexibility index (Phi) is 9.87. The van der Waals surface area contributed by atoms with E-state index in [0.717, 1.165) is 12.8 Å². The molecule has 0 N–H and O–H groups in total. The van der Waals surface area contributed by atoms with E-state index in [1.54, 1.807) is 44.8 Å². The number of fused-ring (bicyclic) bond motifs is 12. The summed E-state index contributed by atoms with van der Waals surface area (Å²) < 4.78 is 9.93. The van der Waals surface area contributed by atoms with E-state index in [2.05, 4.69) is 126 Å². The van der Waals surface area contributed by atoms with Gasteiger partial charge >= 0.3 is 0 Å². The molecule has 0 radical (unpaired) electrons. The average Bonchev–Trinajstić information content (AvgIpc) is 3.84. The number of rotatable bonds is 5. The molecule has 0 bridgehead atoms. The van der Waals surface area contributed by atoms with Crippen molar-refractivity contribution in [1.82, 2.24) is 4.57 Å². The molecular formula is C61H67NO. The molecule has 2 heterocycles. The van der Waals surface area contributed by atoms with Gasteiger partial charge in [-0.05, 0) is 178 Å². The lowest BCUT2D eigenvalue weighted by atomic mass is 9.49. The number of ether oxygens (including phenoxy) is 1. The number of aromatic nitrogens is 1. The van der Waals surface area contributed by atoms with Gasteiger partial charge in [0.1, 0.15) is 0 Å². The molecule has 11 aliphatic rings. The molecule has 13 rings (SSSR count). The third-order valence-corrected chi connectivity index (χ3v) is 18.5. The van der Waals surface area contributed by atoms with Crippen molar-refractivity contribution in [3.63, 3.8) is 0 Å². The lowest BCUT2D eigenvalue weighted by Crippen LogP contribution is -2.58. The van der Waals surface area contributed by atoms with Crippen LogP contribution in [-0.2, 0) is 30.4 Å². The number of allylic oxidation sites excluding steroid dienone is 20. The zero-order valence-corrected chi connectivity index (χ0v) is 37.5. The van der Waals surface area contributed by atoms with Gasteiger partial charge in [0, 0.05) is 40.2 Å². The number of hydrogen-bond acceptors (Lipinski definition) is 1. The van der Waals surface area contributed by atoms with Crippen LogP contribution in [0.5, 0.6) is 0 Å². The van der Waals surface area contributed by atoms with Crippen LogP contribution in [-0.4, -0.2) is 16.8 Å². The van der Waals surface area contributed by atoms with E-state index < -0.39 is 0 Å². The molecule has 2 aromatic rings. The molecule has 1 saturated carbocycles. The maximum atomic E-state index is 7.21. The molecule has 2 nitrogen and oxygen atoms in total. The normalized spacial score (nSPS) is 36.3. The maximum absolute atomic E-state index is 7.21. The lowest BCUT2D eigenvalue weighted by molar-refractivity contribution is -0.173. The Hall–Kier alpha value is -4.40. The van der Waals surface area contributed by atoms with Gasteiger partial charge in [-0.1, -0.05) is 139 Å². The first-order valence-corrected chi connectivity index (χ1v) is 25.8. The highest BCUT2D eigenvalue weighted by molar-refractivity contribution is 5.58. The van der Waals surface area contributed by atoms with Crippen LogP contribution < -0.4 is 0 Å². The fourth-order valence-electron chi connectivity index (χ4n) is 16.1. The Balaban J connectivity index is 0.930. The molecule has 10 aliphatic carbocycles. The molecule has 63 heavy (non-hydrogen) atoms. The van der Waals surface area contributed by atoms with Crippen LogP contribution >= 0.6 is 0 Å². The van der Waals surface area contributed by atoms with Crippen molar-refractivity contribution in [2.45, 2.75) is 134 Å². The monoisotopic (exact) mass is 830 g/mol.